The highest BCUT2D eigenvalue weighted by molar-refractivity contribution is 6.62. The van der Waals surface area contributed by atoms with E-state index >= 15 is 0 Å². The number of methoxy groups -OCH3 is 1. The first-order valence-corrected chi connectivity index (χ1v) is 11.6. The van der Waals surface area contributed by atoms with Gasteiger partial charge in [-0.05, 0) is 51.2 Å². The second-order valence-electron chi connectivity index (χ2n) is 10.2. The molecule has 2 amide bonds. The van der Waals surface area contributed by atoms with Gasteiger partial charge in [-0.25, -0.2) is 9.78 Å². The van der Waals surface area contributed by atoms with E-state index in [4.69, 9.17) is 19.0 Å². The summed E-state index contributed by atoms with van der Waals surface area (Å²) in [6.45, 7) is 12.3. The highest BCUT2D eigenvalue weighted by Crippen LogP contribution is 2.36. The number of hydrogen-bond acceptors (Lipinski definition) is 6. The van der Waals surface area contributed by atoms with Crippen molar-refractivity contribution in [3.63, 3.8) is 0 Å². The number of carbonyl (C=O) groups excluding carboxylic acids is 2. The predicted molar refractivity (Wildman–Crippen MR) is 130 cm³/mol. The number of alkyl carbamates (subject to hydrolysis) is 1. The standard InChI is InChI=1S/C24H33BN4O5/c1-14(2)19(28-22(31)32-7)21(30)29-12-8-9-18(29)20-26-16-11-10-15(13-17(16)27-20)25-33-23(3,4)24(5,6)34-25/h8-11,13-14,18-19H,12H2,1-7H3,(H,26,27)(H,28,31)/t18-,19?/m0/s1. The molecule has 10 heteroatoms. The summed E-state index contributed by atoms with van der Waals surface area (Å²) in [5.41, 5.74) is 1.68. The molecule has 1 unspecified atom stereocenters. The van der Waals surface area contributed by atoms with Crippen molar-refractivity contribution >= 4 is 35.6 Å². The monoisotopic (exact) mass is 468 g/mol. The van der Waals surface area contributed by atoms with Gasteiger partial charge >= 0.3 is 13.2 Å². The molecule has 2 aromatic rings. The molecule has 2 atom stereocenters. The molecule has 4 rings (SSSR count). The van der Waals surface area contributed by atoms with Crippen LogP contribution in [0.2, 0.25) is 0 Å². The summed E-state index contributed by atoms with van der Waals surface area (Å²) >= 11 is 0. The van der Waals surface area contributed by atoms with Gasteiger partial charge in [0.25, 0.3) is 0 Å². The van der Waals surface area contributed by atoms with Crippen LogP contribution in [0.15, 0.2) is 30.4 Å². The van der Waals surface area contributed by atoms with E-state index in [0.717, 1.165) is 16.5 Å². The van der Waals surface area contributed by atoms with Crippen LogP contribution in [0.1, 0.15) is 53.4 Å². The molecule has 0 aliphatic carbocycles. The lowest BCUT2D eigenvalue weighted by molar-refractivity contribution is -0.135. The van der Waals surface area contributed by atoms with Crippen LogP contribution in [0.25, 0.3) is 11.0 Å². The highest BCUT2D eigenvalue weighted by atomic mass is 16.7. The second kappa shape index (κ2) is 8.74. The number of H-pyrrole nitrogens is 1. The summed E-state index contributed by atoms with van der Waals surface area (Å²) in [5, 5.41) is 2.65. The second-order valence-corrected chi connectivity index (χ2v) is 10.2. The molecule has 1 saturated heterocycles. The first-order valence-electron chi connectivity index (χ1n) is 11.6. The maximum atomic E-state index is 13.3. The van der Waals surface area contributed by atoms with Crippen molar-refractivity contribution in [3.05, 3.63) is 36.2 Å². The van der Waals surface area contributed by atoms with Gasteiger partial charge in [-0.3, -0.25) is 4.79 Å². The van der Waals surface area contributed by atoms with Gasteiger partial charge in [0, 0.05) is 6.54 Å². The number of aromatic nitrogens is 2. The SMILES string of the molecule is COC(=O)NC(C(=O)N1CC=C[C@H]1c1nc2ccc(B3OC(C)(C)C(C)(C)O3)cc2[nH]1)C(C)C. The van der Waals surface area contributed by atoms with Crippen LogP contribution in [-0.2, 0) is 18.8 Å². The zero-order valence-electron chi connectivity index (χ0n) is 20.8. The average Bonchev–Trinajstić information content (AvgIpc) is 3.46. The Bertz CT molecular complexity index is 1110. The van der Waals surface area contributed by atoms with Crippen LogP contribution in [-0.4, -0.2) is 64.9 Å². The molecule has 3 heterocycles. The van der Waals surface area contributed by atoms with Crippen LogP contribution in [0.3, 0.4) is 0 Å². The van der Waals surface area contributed by atoms with Gasteiger partial charge < -0.3 is 29.2 Å². The van der Waals surface area contributed by atoms with Crippen molar-refractivity contribution in [2.75, 3.05) is 13.7 Å². The van der Waals surface area contributed by atoms with Crippen LogP contribution in [0.4, 0.5) is 4.79 Å². The van der Waals surface area contributed by atoms with Gasteiger partial charge in [0.15, 0.2) is 0 Å². The Hall–Kier alpha value is -2.85. The summed E-state index contributed by atoms with van der Waals surface area (Å²) in [7, 11) is 0.811. The molecule has 1 fully saturated rings. The van der Waals surface area contributed by atoms with Gasteiger partial charge in [0.2, 0.25) is 5.91 Å². The maximum Gasteiger partial charge on any atom is 0.494 e. The molecule has 1 aromatic heterocycles. The zero-order chi connectivity index (χ0) is 24.8. The van der Waals surface area contributed by atoms with E-state index in [-0.39, 0.29) is 17.9 Å². The molecular formula is C24H33BN4O5. The lowest BCUT2D eigenvalue weighted by Crippen LogP contribution is -2.51. The lowest BCUT2D eigenvalue weighted by atomic mass is 9.79. The molecule has 182 valence electrons. The normalized spacial score (nSPS) is 21.9. The Balaban J connectivity index is 1.58. The third-order valence-electron chi connectivity index (χ3n) is 6.96. The molecule has 0 spiro atoms. The number of rotatable bonds is 5. The van der Waals surface area contributed by atoms with Crippen LogP contribution in [0.5, 0.6) is 0 Å². The van der Waals surface area contributed by atoms with Crippen molar-refractivity contribution in [2.45, 2.75) is 64.8 Å². The lowest BCUT2D eigenvalue weighted by Gasteiger charge is -2.32. The maximum absolute atomic E-state index is 13.3. The molecule has 2 N–H and O–H groups in total. The number of nitrogens with one attached hydrogen (secondary N) is 2. The van der Waals surface area contributed by atoms with Crippen LogP contribution < -0.4 is 10.8 Å². The Morgan fingerprint density at radius 3 is 2.53 bits per heavy atom. The number of nitrogens with zero attached hydrogens (tertiary/aromatic N) is 2. The van der Waals surface area contributed by atoms with Gasteiger partial charge in [-0.15, -0.1) is 0 Å². The Morgan fingerprint density at radius 2 is 1.91 bits per heavy atom. The minimum Gasteiger partial charge on any atom is -0.453 e. The number of hydrogen-bond donors (Lipinski definition) is 2. The van der Waals surface area contributed by atoms with Gasteiger partial charge in [-0.1, -0.05) is 32.1 Å². The molecule has 34 heavy (non-hydrogen) atoms. The summed E-state index contributed by atoms with van der Waals surface area (Å²) in [4.78, 5) is 34.9. The number of carbonyl (C=O) groups is 2. The predicted octanol–water partition coefficient (Wildman–Crippen LogP) is 2.68. The van der Waals surface area contributed by atoms with E-state index in [0.29, 0.717) is 12.4 Å². The van der Waals surface area contributed by atoms with Crippen molar-refractivity contribution in [1.29, 1.82) is 0 Å². The van der Waals surface area contributed by atoms with E-state index in [1.807, 2.05) is 71.9 Å². The van der Waals surface area contributed by atoms with E-state index < -0.39 is 30.5 Å². The fourth-order valence-corrected chi connectivity index (χ4v) is 4.18. The van der Waals surface area contributed by atoms with Crippen LogP contribution in [0, 0.1) is 5.92 Å². The third-order valence-corrected chi connectivity index (χ3v) is 6.96. The number of fused-ring (bicyclic) bond motifs is 1. The minimum absolute atomic E-state index is 0.106. The Labute approximate surface area is 200 Å². The minimum atomic E-state index is -0.700. The highest BCUT2D eigenvalue weighted by Gasteiger charge is 2.51. The number of aromatic amines is 1. The summed E-state index contributed by atoms with van der Waals surface area (Å²) in [6, 6.07) is 4.80. The molecular weight excluding hydrogens is 435 g/mol. The topological polar surface area (TPSA) is 106 Å². The molecule has 2 aliphatic heterocycles. The summed E-state index contributed by atoms with van der Waals surface area (Å²) < 4.78 is 17.1. The number of ether oxygens (including phenoxy) is 1. The number of benzene rings is 1. The zero-order valence-corrected chi connectivity index (χ0v) is 20.8. The largest absolute Gasteiger partial charge is 0.494 e. The molecule has 2 aliphatic rings. The first-order chi connectivity index (χ1) is 15.9. The van der Waals surface area contributed by atoms with Crippen LogP contribution >= 0.6 is 0 Å². The van der Waals surface area contributed by atoms with Gasteiger partial charge in [-0.2, -0.15) is 0 Å². The van der Waals surface area contributed by atoms with E-state index in [9.17, 15) is 9.59 Å². The molecule has 0 radical (unpaired) electrons. The summed E-state index contributed by atoms with van der Waals surface area (Å²) in [6.07, 6.45) is 3.25. The summed E-state index contributed by atoms with van der Waals surface area (Å²) in [5.74, 6) is 0.364. The van der Waals surface area contributed by atoms with Crippen molar-refractivity contribution in [2.24, 2.45) is 5.92 Å². The third kappa shape index (κ3) is 4.32. The van der Waals surface area contributed by atoms with Crippen molar-refractivity contribution < 1.29 is 23.6 Å². The average molecular weight is 468 g/mol. The number of imidazole rings is 1. The van der Waals surface area contributed by atoms with Crippen molar-refractivity contribution in [3.8, 4) is 0 Å². The Kier molecular flexibility index (Phi) is 6.24. The van der Waals surface area contributed by atoms with E-state index in [1.165, 1.54) is 7.11 Å². The molecule has 1 aromatic carbocycles. The fraction of sp³-hybridized carbons (Fsp3) is 0.542. The first kappa shape index (κ1) is 24.3. The quantitative estimate of drug-likeness (QED) is 0.517. The molecule has 0 bridgehead atoms. The van der Waals surface area contributed by atoms with Crippen molar-refractivity contribution in [1.82, 2.24) is 20.2 Å². The fourth-order valence-electron chi connectivity index (χ4n) is 4.18. The van der Waals surface area contributed by atoms with E-state index in [2.05, 4.69) is 10.3 Å². The Morgan fingerprint density at radius 1 is 1.24 bits per heavy atom. The molecule has 0 saturated carbocycles. The number of amides is 2. The van der Waals surface area contributed by atoms with Gasteiger partial charge in [0.05, 0.1) is 29.3 Å². The molecule has 9 nitrogen and oxygen atoms in total. The van der Waals surface area contributed by atoms with Gasteiger partial charge in [0.1, 0.15) is 17.9 Å². The smallest absolute Gasteiger partial charge is 0.453 e. The van der Waals surface area contributed by atoms with E-state index in [1.54, 1.807) is 4.90 Å².